The van der Waals surface area contributed by atoms with Crippen molar-refractivity contribution < 1.29 is 14.3 Å². The minimum Gasteiger partial charge on any atom is -0.493 e. The topological polar surface area (TPSA) is 73.6 Å². The molecule has 1 heterocycles. The van der Waals surface area contributed by atoms with E-state index in [9.17, 15) is 4.79 Å². The molecule has 27 heavy (non-hydrogen) atoms. The van der Waals surface area contributed by atoms with E-state index in [-0.39, 0.29) is 10.9 Å². The zero-order valence-corrected chi connectivity index (χ0v) is 17.3. The number of hydrogen-bond acceptors (Lipinski definition) is 7. The second-order valence-corrected chi connectivity index (χ2v) is 8.45. The van der Waals surface area contributed by atoms with Crippen molar-refractivity contribution in [2.45, 2.75) is 33.5 Å². The summed E-state index contributed by atoms with van der Waals surface area (Å²) in [6.45, 7) is 0. The molecule has 3 N–H and O–H groups in total. The van der Waals surface area contributed by atoms with Crippen molar-refractivity contribution in [1.82, 2.24) is 0 Å². The van der Waals surface area contributed by atoms with Crippen LogP contribution >= 0.6 is 23.5 Å². The number of benzene rings is 2. The standard InChI is InChI=1S/C11H12OS.C9H12N2O2S/c1-13-10-4-2-9(3-5-10)11(8-12)6-7-11;1-12-6-3-5-8(4-7(6)13-2)14-9(10)11-5/h2-5,8H,6-7H2,1H3;3-4,9,11H,10H2,1-2H3. The maximum Gasteiger partial charge on any atom is 0.162 e. The van der Waals surface area contributed by atoms with Crippen molar-refractivity contribution in [1.29, 1.82) is 0 Å². The summed E-state index contributed by atoms with van der Waals surface area (Å²) in [5.74, 6) is 1.45. The van der Waals surface area contributed by atoms with E-state index < -0.39 is 0 Å². The van der Waals surface area contributed by atoms with E-state index in [1.807, 2.05) is 12.1 Å². The predicted octanol–water partition coefficient (Wildman–Crippen LogP) is 4.10. The van der Waals surface area contributed by atoms with Crippen LogP contribution in [0.15, 0.2) is 46.2 Å². The quantitative estimate of drug-likeness (QED) is 0.574. The molecule has 2 aliphatic rings. The lowest BCUT2D eigenvalue weighted by molar-refractivity contribution is -0.109. The molecule has 1 atom stereocenters. The number of methoxy groups -OCH3 is 2. The summed E-state index contributed by atoms with van der Waals surface area (Å²) in [6.07, 6.45) is 5.20. The molecule has 1 fully saturated rings. The van der Waals surface area contributed by atoms with Gasteiger partial charge in [0.2, 0.25) is 0 Å². The van der Waals surface area contributed by atoms with Crippen molar-refractivity contribution in [3.05, 3.63) is 42.0 Å². The van der Waals surface area contributed by atoms with Gasteiger partial charge in [0.1, 0.15) is 11.8 Å². The Morgan fingerprint density at radius 3 is 2.33 bits per heavy atom. The van der Waals surface area contributed by atoms with Gasteiger partial charge in [-0.1, -0.05) is 23.9 Å². The maximum atomic E-state index is 10.8. The van der Waals surface area contributed by atoms with E-state index in [1.165, 1.54) is 10.5 Å². The Bertz CT molecular complexity index is 775. The molecule has 7 heteroatoms. The SMILES string of the molecule is COc1cc2c(cc1OC)SC(N)N2.CSc1ccc(C2(C=O)CC2)cc1. The third-order valence-corrected chi connectivity index (χ3v) is 6.42. The lowest BCUT2D eigenvalue weighted by Crippen LogP contribution is -2.20. The summed E-state index contributed by atoms with van der Waals surface area (Å²) in [5.41, 5.74) is 7.72. The Hall–Kier alpha value is -1.83. The first kappa shape index (κ1) is 19.9. The van der Waals surface area contributed by atoms with Crippen LogP contribution in [0.5, 0.6) is 11.5 Å². The number of aldehydes is 1. The van der Waals surface area contributed by atoms with Crippen molar-refractivity contribution in [2.24, 2.45) is 5.73 Å². The van der Waals surface area contributed by atoms with Gasteiger partial charge in [0.05, 0.1) is 25.3 Å². The Morgan fingerprint density at radius 1 is 1.19 bits per heavy atom. The lowest BCUT2D eigenvalue weighted by atomic mass is 9.98. The number of nitrogens with two attached hydrogens (primary N) is 1. The highest BCUT2D eigenvalue weighted by atomic mass is 32.2. The number of carbonyl (C=O) groups is 1. The largest absolute Gasteiger partial charge is 0.493 e. The predicted molar refractivity (Wildman–Crippen MR) is 112 cm³/mol. The lowest BCUT2D eigenvalue weighted by Gasteiger charge is -2.09. The van der Waals surface area contributed by atoms with Gasteiger partial charge in [-0.2, -0.15) is 0 Å². The maximum absolute atomic E-state index is 10.8. The monoisotopic (exact) mass is 404 g/mol. The number of hydrogen-bond donors (Lipinski definition) is 2. The highest BCUT2D eigenvalue weighted by Crippen LogP contribution is 2.46. The van der Waals surface area contributed by atoms with Crippen molar-refractivity contribution in [2.75, 3.05) is 25.8 Å². The molecule has 1 aliphatic carbocycles. The van der Waals surface area contributed by atoms with Crippen LogP contribution in [0.1, 0.15) is 18.4 Å². The average molecular weight is 405 g/mol. The number of rotatable bonds is 5. The first-order chi connectivity index (χ1) is 13.0. The van der Waals surface area contributed by atoms with Crippen LogP contribution < -0.4 is 20.5 Å². The van der Waals surface area contributed by atoms with Gasteiger partial charge in [-0.15, -0.1) is 11.8 Å². The average Bonchev–Trinajstić information content (AvgIpc) is 3.42. The highest BCUT2D eigenvalue weighted by Gasteiger charge is 2.44. The second kappa shape index (κ2) is 8.46. The zero-order valence-electron chi connectivity index (χ0n) is 15.7. The molecular weight excluding hydrogens is 380 g/mol. The number of nitrogens with one attached hydrogen (secondary N) is 1. The molecule has 1 saturated carbocycles. The molecule has 4 rings (SSSR count). The van der Waals surface area contributed by atoms with Gasteiger partial charge in [-0.3, -0.25) is 0 Å². The third kappa shape index (κ3) is 4.36. The minimum absolute atomic E-state index is 0.0817. The first-order valence-electron chi connectivity index (χ1n) is 8.61. The van der Waals surface area contributed by atoms with Crippen molar-refractivity contribution in [3.63, 3.8) is 0 Å². The van der Waals surface area contributed by atoms with Crippen LogP contribution in [-0.4, -0.2) is 32.3 Å². The number of carbonyl (C=O) groups excluding carboxylic acids is 1. The fraction of sp³-hybridized carbons (Fsp3) is 0.350. The highest BCUT2D eigenvalue weighted by molar-refractivity contribution is 8.00. The Labute approximate surface area is 168 Å². The minimum atomic E-state index is -0.114. The summed E-state index contributed by atoms with van der Waals surface area (Å²) in [7, 11) is 3.24. The summed E-state index contributed by atoms with van der Waals surface area (Å²) in [5, 5.41) is 3.13. The molecular formula is C20H24N2O3S2. The molecule has 0 radical (unpaired) electrons. The van der Waals surface area contributed by atoms with E-state index in [0.29, 0.717) is 5.75 Å². The van der Waals surface area contributed by atoms with Crippen LogP contribution in [0, 0.1) is 0 Å². The van der Waals surface area contributed by atoms with Crippen LogP contribution in [0.25, 0.3) is 0 Å². The molecule has 0 amide bonds. The van der Waals surface area contributed by atoms with Gasteiger partial charge in [-0.25, -0.2) is 0 Å². The van der Waals surface area contributed by atoms with Crippen molar-refractivity contribution in [3.8, 4) is 11.5 Å². The number of ether oxygens (including phenoxy) is 2. The molecule has 144 valence electrons. The zero-order chi connectivity index (χ0) is 19.4. The van der Waals surface area contributed by atoms with Gasteiger partial charge in [0.25, 0.3) is 0 Å². The fourth-order valence-corrected chi connectivity index (χ4v) is 4.21. The molecule has 2 aromatic rings. The molecule has 0 saturated heterocycles. The van der Waals surface area contributed by atoms with E-state index >= 15 is 0 Å². The fourth-order valence-electron chi connectivity index (χ4n) is 2.92. The van der Waals surface area contributed by atoms with Gasteiger partial charge < -0.3 is 25.3 Å². The van der Waals surface area contributed by atoms with Crippen LogP contribution in [0.2, 0.25) is 0 Å². The number of anilines is 1. The van der Waals surface area contributed by atoms with E-state index in [1.54, 1.807) is 37.7 Å². The molecule has 1 unspecified atom stereocenters. The molecule has 0 bridgehead atoms. The number of fused-ring (bicyclic) bond motifs is 1. The summed E-state index contributed by atoms with van der Waals surface area (Å²) in [6, 6.07) is 12.2. The van der Waals surface area contributed by atoms with Crippen LogP contribution in [0.3, 0.4) is 0 Å². The van der Waals surface area contributed by atoms with E-state index in [0.717, 1.165) is 35.5 Å². The van der Waals surface area contributed by atoms with Crippen LogP contribution in [0.4, 0.5) is 5.69 Å². The molecule has 0 aromatic heterocycles. The molecule has 2 aromatic carbocycles. The van der Waals surface area contributed by atoms with Gasteiger partial charge in [0.15, 0.2) is 11.5 Å². The molecule has 1 aliphatic heterocycles. The Kier molecular flexibility index (Phi) is 6.24. The Morgan fingerprint density at radius 2 is 1.81 bits per heavy atom. The smallest absolute Gasteiger partial charge is 0.162 e. The third-order valence-electron chi connectivity index (χ3n) is 4.72. The summed E-state index contributed by atoms with van der Waals surface area (Å²) < 4.78 is 10.4. The number of thioether (sulfide) groups is 2. The first-order valence-corrected chi connectivity index (χ1v) is 10.7. The van der Waals surface area contributed by atoms with Crippen LogP contribution in [-0.2, 0) is 10.2 Å². The van der Waals surface area contributed by atoms with Gasteiger partial charge >= 0.3 is 0 Å². The van der Waals surface area contributed by atoms with Crippen molar-refractivity contribution >= 4 is 35.5 Å². The second-order valence-electron chi connectivity index (χ2n) is 6.39. The van der Waals surface area contributed by atoms with Gasteiger partial charge in [-0.05, 0) is 42.9 Å². The summed E-state index contributed by atoms with van der Waals surface area (Å²) in [4.78, 5) is 13.2. The van der Waals surface area contributed by atoms with Gasteiger partial charge in [0, 0.05) is 15.9 Å². The summed E-state index contributed by atoms with van der Waals surface area (Å²) >= 11 is 3.30. The Balaban J connectivity index is 0.000000156. The normalized spacial score (nSPS) is 18.4. The molecule has 0 spiro atoms. The van der Waals surface area contributed by atoms with E-state index in [2.05, 4.69) is 35.8 Å². The molecule has 5 nitrogen and oxygen atoms in total. The van der Waals surface area contributed by atoms with E-state index in [4.69, 9.17) is 15.2 Å².